The second kappa shape index (κ2) is 4.43. The molecule has 1 aliphatic rings. The van der Waals surface area contributed by atoms with E-state index < -0.39 is 0 Å². The van der Waals surface area contributed by atoms with Gasteiger partial charge in [-0.3, -0.25) is 4.79 Å². The molecule has 1 atom stereocenters. The summed E-state index contributed by atoms with van der Waals surface area (Å²) < 4.78 is 4.72. The summed E-state index contributed by atoms with van der Waals surface area (Å²) in [6.07, 6.45) is 0. The Morgan fingerprint density at radius 2 is 2.64 bits per heavy atom. The predicted octanol–water partition coefficient (Wildman–Crippen LogP) is -1.22. The molecule has 0 saturated carbocycles. The van der Waals surface area contributed by atoms with E-state index in [1.54, 1.807) is 0 Å². The van der Waals surface area contributed by atoms with Gasteiger partial charge in [-0.1, -0.05) is 0 Å². The lowest BCUT2D eigenvalue weighted by Gasteiger charge is -2.20. The number of Topliss-reactive ketones (excluding diaryl/α,β-unsaturated/α-hetero) is 1. The summed E-state index contributed by atoms with van der Waals surface area (Å²) in [5, 5.41) is 7.26. The fourth-order valence-electron chi connectivity index (χ4n) is 1.06. The van der Waals surface area contributed by atoms with Crippen LogP contribution in [-0.2, 0) is 9.53 Å². The summed E-state index contributed by atoms with van der Waals surface area (Å²) >= 11 is 0. The van der Waals surface area contributed by atoms with Gasteiger partial charge in [0.05, 0.1) is 6.04 Å². The quantitative estimate of drug-likeness (QED) is 0.558. The molecule has 1 radical (unpaired) electrons. The van der Waals surface area contributed by atoms with Crippen molar-refractivity contribution >= 4 is 5.78 Å². The van der Waals surface area contributed by atoms with Crippen molar-refractivity contribution in [1.29, 1.82) is 0 Å². The molecule has 0 aliphatic carbocycles. The van der Waals surface area contributed by atoms with Gasteiger partial charge in [0.1, 0.15) is 6.61 Å². The highest BCUT2D eigenvalue weighted by molar-refractivity contribution is 5.85. The van der Waals surface area contributed by atoms with Crippen LogP contribution in [0.4, 0.5) is 0 Å². The summed E-state index contributed by atoms with van der Waals surface area (Å²) in [5.41, 5.74) is 0. The molecule has 1 saturated heterocycles. The van der Waals surface area contributed by atoms with E-state index in [4.69, 9.17) is 4.74 Å². The Morgan fingerprint density at radius 3 is 3.18 bits per heavy atom. The topological polar surface area (TPSA) is 52.4 Å². The van der Waals surface area contributed by atoms with Crippen LogP contribution in [-0.4, -0.2) is 45.2 Å². The molecule has 0 bridgehead atoms. The van der Waals surface area contributed by atoms with E-state index in [-0.39, 0.29) is 18.4 Å². The third kappa shape index (κ3) is 2.57. The van der Waals surface area contributed by atoms with Gasteiger partial charge in [-0.2, -0.15) is 0 Å². The maximum Gasteiger partial charge on any atom is 0.178 e. The maximum atomic E-state index is 11.1. The lowest BCUT2D eigenvalue weighted by atomic mass is 10.1. The first-order valence-corrected chi connectivity index (χ1v) is 3.73. The van der Waals surface area contributed by atoms with Crippen molar-refractivity contribution in [2.24, 2.45) is 0 Å². The lowest BCUT2D eigenvalue weighted by Crippen LogP contribution is -2.49. The highest BCUT2D eigenvalue weighted by atomic mass is 16.5. The van der Waals surface area contributed by atoms with E-state index in [1.807, 2.05) is 0 Å². The van der Waals surface area contributed by atoms with E-state index in [0.717, 1.165) is 13.1 Å². The maximum absolute atomic E-state index is 11.1. The number of nitrogens with one attached hydrogen (secondary N) is 1. The predicted molar refractivity (Wildman–Crippen MR) is 40.5 cm³/mol. The molecule has 63 valence electrons. The van der Waals surface area contributed by atoms with Crippen LogP contribution >= 0.6 is 0 Å². The average molecular weight is 157 g/mol. The number of hydrogen-bond donors (Lipinski definition) is 1. The summed E-state index contributed by atoms with van der Waals surface area (Å²) in [4.78, 5) is 11.1. The van der Waals surface area contributed by atoms with Gasteiger partial charge in [0.2, 0.25) is 0 Å². The molecule has 1 aliphatic heterocycles. The average Bonchev–Trinajstić information content (AvgIpc) is 2.07. The molecule has 0 amide bonds. The molecule has 1 rings (SSSR count). The van der Waals surface area contributed by atoms with Crippen LogP contribution in [0.1, 0.15) is 0 Å². The second-order valence-electron chi connectivity index (χ2n) is 2.53. The monoisotopic (exact) mass is 157 g/mol. The largest absolute Gasteiger partial charge is 0.377 e. The molecule has 1 unspecified atom stereocenters. The second-order valence-corrected chi connectivity index (χ2v) is 2.53. The van der Waals surface area contributed by atoms with Gasteiger partial charge in [-0.25, -0.2) is 5.32 Å². The lowest BCUT2D eigenvalue weighted by molar-refractivity contribution is -0.124. The van der Waals surface area contributed by atoms with Crippen LogP contribution in [0.25, 0.3) is 0 Å². The molecule has 0 aromatic heterocycles. The molecule has 11 heavy (non-hydrogen) atoms. The van der Waals surface area contributed by atoms with Gasteiger partial charge in [0, 0.05) is 26.7 Å². The first kappa shape index (κ1) is 8.64. The highest BCUT2D eigenvalue weighted by Gasteiger charge is 2.20. The summed E-state index contributed by atoms with van der Waals surface area (Å²) in [7, 11) is 1.52. The van der Waals surface area contributed by atoms with Crippen molar-refractivity contribution in [3.05, 3.63) is 0 Å². The third-order valence-corrected chi connectivity index (χ3v) is 1.63. The van der Waals surface area contributed by atoms with E-state index in [2.05, 4.69) is 10.6 Å². The van der Waals surface area contributed by atoms with Gasteiger partial charge in [0.25, 0.3) is 0 Å². The molecular formula is C7H13N2O2. The minimum atomic E-state index is -0.177. The van der Waals surface area contributed by atoms with Crippen LogP contribution in [0.15, 0.2) is 0 Å². The molecule has 1 N–H and O–H groups in total. The van der Waals surface area contributed by atoms with Crippen molar-refractivity contribution in [3.63, 3.8) is 0 Å². The van der Waals surface area contributed by atoms with E-state index in [0.29, 0.717) is 6.54 Å². The smallest absolute Gasteiger partial charge is 0.178 e. The summed E-state index contributed by atoms with van der Waals surface area (Å²) in [6, 6.07) is -0.177. The number of hydrogen-bond acceptors (Lipinski definition) is 3. The Hall–Kier alpha value is -0.450. The zero-order valence-corrected chi connectivity index (χ0v) is 6.67. The molecule has 0 spiro atoms. The van der Waals surface area contributed by atoms with Crippen LogP contribution in [0.2, 0.25) is 0 Å². The van der Waals surface area contributed by atoms with Crippen molar-refractivity contribution in [2.45, 2.75) is 6.04 Å². The molecule has 1 fully saturated rings. The van der Waals surface area contributed by atoms with E-state index in [9.17, 15) is 4.79 Å². The molecular weight excluding hydrogens is 144 g/mol. The zero-order valence-electron chi connectivity index (χ0n) is 6.67. The van der Waals surface area contributed by atoms with Crippen molar-refractivity contribution in [2.75, 3.05) is 33.4 Å². The van der Waals surface area contributed by atoms with Gasteiger partial charge < -0.3 is 10.1 Å². The number of ketones is 1. The Balaban J connectivity index is 2.27. The minimum Gasteiger partial charge on any atom is -0.377 e. The van der Waals surface area contributed by atoms with Crippen LogP contribution in [0.3, 0.4) is 0 Å². The Labute approximate surface area is 66.3 Å². The highest BCUT2D eigenvalue weighted by Crippen LogP contribution is 1.91. The normalized spacial score (nSPS) is 25.0. The van der Waals surface area contributed by atoms with Crippen LogP contribution in [0.5, 0.6) is 0 Å². The SMILES string of the molecule is COCC(=O)C1CNCC[N]1. The minimum absolute atomic E-state index is 0.0692. The fraction of sp³-hybridized carbons (Fsp3) is 0.857. The van der Waals surface area contributed by atoms with Gasteiger partial charge in [0.15, 0.2) is 5.78 Å². The molecule has 4 nitrogen and oxygen atoms in total. The summed E-state index contributed by atoms with van der Waals surface area (Å²) in [5.74, 6) is 0.0692. The molecule has 0 aromatic carbocycles. The zero-order chi connectivity index (χ0) is 8.10. The van der Waals surface area contributed by atoms with Gasteiger partial charge in [-0.15, -0.1) is 0 Å². The number of methoxy groups -OCH3 is 1. The van der Waals surface area contributed by atoms with Crippen LogP contribution in [0, 0.1) is 0 Å². The van der Waals surface area contributed by atoms with E-state index >= 15 is 0 Å². The first-order chi connectivity index (χ1) is 5.34. The number of nitrogens with zero attached hydrogens (tertiary/aromatic N) is 1. The van der Waals surface area contributed by atoms with Crippen molar-refractivity contribution in [1.82, 2.24) is 10.6 Å². The Bertz CT molecular complexity index is 132. The van der Waals surface area contributed by atoms with Crippen molar-refractivity contribution in [3.8, 4) is 0 Å². The number of piperazine rings is 1. The fourth-order valence-corrected chi connectivity index (χ4v) is 1.06. The Kier molecular flexibility index (Phi) is 3.48. The van der Waals surface area contributed by atoms with Crippen LogP contribution < -0.4 is 10.6 Å². The first-order valence-electron chi connectivity index (χ1n) is 3.73. The Morgan fingerprint density at radius 1 is 1.82 bits per heavy atom. The standard InChI is InChI=1S/C7H13N2O2/c1-11-5-7(10)6-4-8-2-3-9-6/h6,8H,2-5H2,1H3. The van der Waals surface area contributed by atoms with Gasteiger partial charge in [-0.05, 0) is 0 Å². The molecule has 4 heteroatoms. The van der Waals surface area contributed by atoms with Crippen molar-refractivity contribution < 1.29 is 9.53 Å². The molecule has 0 aromatic rings. The third-order valence-electron chi connectivity index (χ3n) is 1.63. The number of carbonyl (C=O) groups is 1. The number of carbonyl (C=O) groups excluding carboxylic acids is 1. The van der Waals surface area contributed by atoms with E-state index in [1.165, 1.54) is 7.11 Å². The molecule has 1 heterocycles. The number of ether oxygens (including phenoxy) is 1. The summed E-state index contributed by atoms with van der Waals surface area (Å²) in [6.45, 7) is 2.47. The number of rotatable bonds is 3. The van der Waals surface area contributed by atoms with Gasteiger partial charge >= 0.3 is 0 Å².